The fourth-order valence-electron chi connectivity index (χ4n) is 3.67. The Morgan fingerprint density at radius 2 is 1.79 bits per heavy atom. The standard InChI is InChI=1S/C28H29Br2N3O5/c1-17-11-13-19(14-12-17)32-28(36)38-27(20-15-18(29)16-21(30)26(20)35)24(37-2)9-5-6-10-25(34)33-23-8-4-3-7-22(23)31/h3-4,6-8,10-16,24,27,35H,5,9,31H2,1-2H3,(H,32,36)(H,33,34)/b10-6+/t24-,27-/m0/s1. The Bertz CT molecular complexity index is 1300. The van der Waals surface area contributed by atoms with E-state index in [0.29, 0.717) is 44.4 Å². The highest BCUT2D eigenvalue weighted by Crippen LogP contribution is 2.39. The number of halogens is 2. The summed E-state index contributed by atoms with van der Waals surface area (Å²) in [6, 6.07) is 17.6. The molecule has 5 N–H and O–H groups in total. The van der Waals surface area contributed by atoms with Crippen molar-refractivity contribution in [3.05, 3.63) is 92.9 Å². The van der Waals surface area contributed by atoms with Crippen molar-refractivity contribution >= 4 is 60.9 Å². The van der Waals surface area contributed by atoms with Crippen molar-refractivity contribution in [2.45, 2.75) is 32.0 Å². The van der Waals surface area contributed by atoms with E-state index in [1.807, 2.05) is 19.1 Å². The quantitative estimate of drug-likeness (QED) is 0.138. The Morgan fingerprint density at radius 1 is 1.08 bits per heavy atom. The maximum atomic E-state index is 12.8. The summed E-state index contributed by atoms with van der Waals surface area (Å²) < 4.78 is 12.6. The predicted octanol–water partition coefficient (Wildman–Crippen LogP) is 7.09. The monoisotopic (exact) mass is 645 g/mol. The molecule has 0 aliphatic rings. The van der Waals surface area contributed by atoms with E-state index in [1.165, 1.54) is 13.2 Å². The SMILES string of the molecule is CO[C@@H](CC/C=C/C(=O)Nc1ccccc1N)[C@@H](OC(=O)Nc1ccc(C)cc1)c1cc(Br)cc(Br)c1O. The van der Waals surface area contributed by atoms with Gasteiger partial charge in [0.15, 0.2) is 6.10 Å². The molecular formula is C28H29Br2N3O5. The molecule has 0 saturated heterocycles. The summed E-state index contributed by atoms with van der Waals surface area (Å²) in [6.07, 6.45) is 1.64. The van der Waals surface area contributed by atoms with Gasteiger partial charge in [-0.3, -0.25) is 10.1 Å². The number of carbonyl (C=O) groups is 2. The van der Waals surface area contributed by atoms with Gasteiger partial charge in [-0.25, -0.2) is 4.79 Å². The third kappa shape index (κ3) is 8.34. The van der Waals surface area contributed by atoms with Gasteiger partial charge in [0.2, 0.25) is 5.91 Å². The molecule has 200 valence electrons. The number of hydrogen-bond acceptors (Lipinski definition) is 6. The first kappa shape index (κ1) is 29.2. The molecule has 3 rings (SSSR count). The molecule has 3 aromatic rings. The lowest BCUT2D eigenvalue weighted by molar-refractivity contribution is -0.111. The molecule has 0 aliphatic carbocycles. The Kier molecular flexibility index (Phi) is 10.8. The molecule has 0 radical (unpaired) electrons. The van der Waals surface area contributed by atoms with Crippen LogP contribution in [0.2, 0.25) is 0 Å². The number of methoxy groups -OCH3 is 1. The Morgan fingerprint density at radius 3 is 2.47 bits per heavy atom. The fourth-order valence-corrected chi connectivity index (χ4v) is 4.93. The number of aryl methyl sites for hydroxylation is 1. The van der Waals surface area contributed by atoms with E-state index in [0.717, 1.165) is 5.56 Å². The number of nitrogens with two attached hydrogens (primary N) is 1. The van der Waals surface area contributed by atoms with Crippen LogP contribution in [0.25, 0.3) is 0 Å². The van der Waals surface area contributed by atoms with E-state index in [2.05, 4.69) is 42.5 Å². The first-order valence-corrected chi connectivity index (χ1v) is 13.3. The molecule has 2 amide bonds. The van der Waals surface area contributed by atoms with E-state index >= 15 is 0 Å². The van der Waals surface area contributed by atoms with E-state index in [-0.39, 0.29) is 11.7 Å². The predicted molar refractivity (Wildman–Crippen MR) is 156 cm³/mol. The van der Waals surface area contributed by atoms with Crippen molar-refractivity contribution in [3.63, 3.8) is 0 Å². The molecule has 0 saturated carbocycles. The maximum absolute atomic E-state index is 12.8. The number of hydrogen-bond donors (Lipinski definition) is 4. The Balaban J connectivity index is 1.73. The Hall–Kier alpha value is -3.34. The van der Waals surface area contributed by atoms with Gasteiger partial charge in [0, 0.05) is 22.8 Å². The largest absolute Gasteiger partial charge is 0.506 e. The van der Waals surface area contributed by atoms with Crippen LogP contribution < -0.4 is 16.4 Å². The third-order valence-corrected chi connectivity index (χ3v) is 6.70. The molecule has 0 heterocycles. The van der Waals surface area contributed by atoms with Crippen LogP contribution in [-0.2, 0) is 14.3 Å². The first-order valence-electron chi connectivity index (χ1n) is 11.7. The molecule has 0 spiro atoms. The molecule has 0 bridgehead atoms. The van der Waals surface area contributed by atoms with Gasteiger partial charge in [-0.05, 0) is 78.2 Å². The van der Waals surface area contributed by atoms with Crippen LogP contribution in [0.4, 0.5) is 21.9 Å². The van der Waals surface area contributed by atoms with Crippen molar-refractivity contribution in [1.82, 2.24) is 0 Å². The number of nitrogen functional groups attached to an aromatic ring is 1. The van der Waals surface area contributed by atoms with Crippen molar-refractivity contribution in [1.29, 1.82) is 0 Å². The number of phenolic OH excluding ortho intramolecular Hbond substituents is 1. The number of rotatable bonds is 10. The summed E-state index contributed by atoms with van der Waals surface area (Å²) in [7, 11) is 1.50. The van der Waals surface area contributed by atoms with E-state index in [1.54, 1.807) is 54.6 Å². The van der Waals surface area contributed by atoms with Crippen LogP contribution >= 0.6 is 31.9 Å². The highest BCUT2D eigenvalue weighted by molar-refractivity contribution is 9.11. The fraction of sp³-hybridized carbons (Fsp3) is 0.214. The van der Waals surface area contributed by atoms with Crippen molar-refractivity contribution in [2.75, 3.05) is 23.5 Å². The number of ether oxygens (including phenoxy) is 2. The molecular weight excluding hydrogens is 618 g/mol. The van der Waals surface area contributed by atoms with Gasteiger partial charge in [0.25, 0.3) is 0 Å². The smallest absolute Gasteiger partial charge is 0.412 e. The van der Waals surface area contributed by atoms with E-state index in [9.17, 15) is 14.7 Å². The zero-order chi connectivity index (χ0) is 27.7. The zero-order valence-corrected chi connectivity index (χ0v) is 24.1. The molecule has 38 heavy (non-hydrogen) atoms. The molecule has 0 aromatic heterocycles. The van der Waals surface area contributed by atoms with Gasteiger partial charge in [-0.1, -0.05) is 51.8 Å². The average molecular weight is 647 g/mol. The summed E-state index contributed by atoms with van der Waals surface area (Å²) in [5, 5.41) is 16.2. The van der Waals surface area contributed by atoms with Gasteiger partial charge in [-0.15, -0.1) is 0 Å². The number of anilines is 3. The highest BCUT2D eigenvalue weighted by atomic mass is 79.9. The van der Waals surface area contributed by atoms with Crippen molar-refractivity contribution in [2.24, 2.45) is 0 Å². The maximum Gasteiger partial charge on any atom is 0.412 e. The second-order valence-electron chi connectivity index (χ2n) is 8.47. The molecule has 8 nitrogen and oxygen atoms in total. The Labute approximate surface area is 238 Å². The summed E-state index contributed by atoms with van der Waals surface area (Å²) in [5.74, 6) is -0.394. The summed E-state index contributed by atoms with van der Waals surface area (Å²) in [6.45, 7) is 1.95. The molecule has 3 aromatic carbocycles. The summed E-state index contributed by atoms with van der Waals surface area (Å²) in [4.78, 5) is 25.1. The minimum atomic E-state index is -0.953. The van der Waals surface area contributed by atoms with Crippen LogP contribution in [0.15, 0.2) is 81.8 Å². The second-order valence-corrected chi connectivity index (χ2v) is 10.2. The van der Waals surface area contributed by atoms with Gasteiger partial charge in [-0.2, -0.15) is 0 Å². The van der Waals surface area contributed by atoms with Crippen molar-refractivity contribution in [3.8, 4) is 5.75 Å². The molecule has 2 atom stereocenters. The summed E-state index contributed by atoms with van der Waals surface area (Å²) in [5.41, 5.74) is 8.85. The minimum absolute atomic E-state index is 0.0706. The van der Waals surface area contributed by atoms with Gasteiger partial charge in [0.05, 0.1) is 22.0 Å². The van der Waals surface area contributed by atoms with Crippen LogP contribution in [0.5, 0.6) is 5.75 Å². The van der Waals surface area contributed by atoms with E-state index in [4.69, 9.17) is 15.2 Å². The number of amides is 2. The van der Waals surface area contributed by atoms with Gasteiger partial charge < -0.3 is 25.6 Å². The molecule has 0 unspecified atom stereocenters. The molecule has 0 aliphatic heterocycles. The highest BCUT2D eigenvalue weighted by Gasteiger charge is 2.30. The molecule has 0 fully saturated rings. The van der Waals surface area contributed by atoms with Crippen LogP contribution in [0.3, 0.4) is 0 Å². The normalized spacial score (nSPS) is 12.6. The van der Waals surface area contributed by atoms with Gasteiger partial charge in [0.1, 0.15) is 5.75 Å². The number of aromatic hydroxyl groups is 1. The number of para-hydroxylation sites is 2. The van der Waals surface area contributed by atoms with E-state index < -0.39 is 18.3 Å². The minimum Gasteiger partial charge on any atom is -0.506 e. The first-order chi connectivity index (χ1) is 18.2. The number of allylic oxidation sites excluding steroid dienone is 1. The number of nitrogens with one attached hydrogen (secondary N) is 2. The number of phenols is 1. The lowest BCUT2D eigenvalue weighted by Crippen LogP contribution is -2.28. The zero-order valence-electron chi connectivity index (χ0n) is 20.9. The lowest BCUT2D eigenvalue weighted by atomic mass is 9.99. The lowest BCUT2D eigenvalue weighted by Gasteiger charge is -2.27. The third-order valence-electron chi connectivity index (χ3n) is 5.64. The average Bonchev–Trinajstić information content (AvgIpc) is 2.88. The van der Waals surface area contributed by atoms with Gasteiger partial charge >= 0.3 is 6.09 Å². The van der Waals surface area contributed by atoms with Crippen LogP contribution in [0.1, 0.15) is 30.1 Å². The van der Waals surface area contributed by atoms with Crippen molar-refractivity contribution < 1.29 is 24.2 Å². The topological polar surface area (TPSA) is 123 Å². The number of benzene rings is 3. The molecule has 10 heteroatoms. The van der Waals surface area contributed by atoms with Crippen LogP contribution in [-0.4, -0.2) is 30.3 Å². The number of carbonyl (C=O) groups excluding carboxylic acids is 2. The second kappa shape index (κ2) is 14.0. The summed E-state index contributed by atoms with van der Waals surface area (Å²) >= 11 is 6.76. The van der Waals surface area contributed by atoms with Crippen LogP contribution in [0, 0.1) is 6.92 Å².